The number of hydrogen-bond donors (Lipinski definition) is 2. The molecule has 3 aromatic carbocycles. The number of anilines is 1. The van der Waals surface area contributed by atoms with Crippen LogP contribution in [-0.2, 0) is 0 Å². The molecule has 0 spiro atoms. The predicted octanol–water partition coefficient (Wildman–Crippen LogP) is 5.99. The normalized spacial score (nSPS) is 10.6. The second-order valence-corrected chi connectivity index (χ2v) is 6.82. The summed E-state index contributed by atoms with van der Waals surface area (Å²) in [5.41, 5.74) is 2.77. The fourth-order valence-corrected chi connectivity index (χ4v) is 2.80. The van der Waals surface area contributed by atoms with Gasteiger partial charge < -0.3 is 5.32 Å². The fourth-order valence-electron chi connectivity index (χ4n) is 2.19. The molecule has 0 unspecified atom stereocenters. The summed E-state index contributed by atoms with van der Waals surface area (Å²) in [6.45, 7) is 0. The smallest absolute Gasteiger partial charge is 0.257 e. The number of hydrogen-bond acceptors (Lipinski definition) is 4. The van der Waals surface area contributed by atoms with Gasteiger partial charge in [0.1, 0.15) is 0 Å². The van der Waals surface area contributed by atoms with Crippen LogP contribution in [0.25, 0.3) is 0 Å². The molecule has 0 radical (unpaired) electrons. The van der Waals surface area contributed by atoms with Crippen molar-refractivity contribution in [3.8, 4) is 0 Å². The summed E-state index contributed by atoms with van der Waals surface area (Å²) in [6, 6.07) is 23.8. The summed E-state index contributed by atoms with van der Waals surface area (Å²) in [5.74, 6) is -0.276. The Hall–Kier alpha value is -2.90. The Kier molecular flexibility index (Phi) is 6.40. The third kappa shape index (κ3) is 5.80. The first kappa shape index (κ1) is 18.9. The van der Waals surface area contributed by atoms with Crippen molar-refractivity contribution >= 4 is 56.2 Å². The van der Waals surface area contributed by atoms with Gasteiger partial charge in [0.2, 0.25) is 0 Å². The van der Waals surface area contributed by atoms with Crippen LogP contribution in [0.1, 0.15) is 10.4 Å². The van der Waals surface area contributed by atoms with Gasteiger partial charge in [-0.3, -0.25) is 10.1 Å². The van der Waals surface area contributed by atoms with Crippen molar-refractivity contribution in [2.24, 2.45) is 10.2 Å². The highest BCUT2D eigenvalue weighted by Gasteiger charge is 2.08. The van der Waals surface area contributed by atoms with Gasteiger partial charge in [-0.2, -0.15) is 10.2 Å². The van der Waals surface area contributed by atoms with E-state index >= 15 is 0 Å². The molecule has 0 aromatic heterocycles. The first-order valence-electron chi connectivity index (χ1n) is 8.05. The van der Waals surface area contributed by atoms with Gasteiger partial charge in [0.15, 0.2) is 5.11 Å². The van der Waals surface area contributed by atoms with E-state index in [0.29, 0.717) is 11.3 Å². The van der Waals surface area contributed by atoms with Crippen LogP contribution in [0.4, 0.5) is 17.1 Å². The zero-order valence-electron chi connectivity index (χ0n) is 14.1. The highest BCUT2D eigenvalue weighted by Crippen LogP contribution is 2.20. The predicted molar refractivity (Wildman–Crippen MR) is 115 cm³/mol. The van der Waals surface area contributed by atoms with Gasteiger partial charge in [-0.1, -0.05) is 40.2 Å². The molecular formula is C20H15BrN4OS. The van der Waals surface area contributed by atoms with Crippen LogP contribution in [-0.4, -0.2) is 11.0 Å². The lowest BCUT2D eigenvalue weighted by Crippen LogP contribution is -2.34. The van der Waals surface area contributed by atoms with E-state index in [-0.39, 0.29) is 11.0 Å². The number of thiocarbonyl (C=S) groups is 1. The maximum absolute atomic E-state index is 12.2. The van der Waals surface area contributed by atoms with Crippen LogP contribution in [0.2, 0.25) is 0 Å². The molecule has 0 aliphatic rings. The first-order chi connectivity index (χ1) is 13.1. The number of azo groups is 1. The number of carbonyl (C=O) groups excluding carboxylic acids is 1. The van der Waals surface area contributed by atoms with Crippen LogP contribution < -0.4 is 10.6 Å². The van der Waals surface area contributed by atoms with Gasteiger partial charge in [0.05, 0.1) is 11.4 Å². The standard InChI is InChI=1S/C20H15BrN4OS/c21-15-6-4-5-14(13-15)19(26)23-20(27)22-16-9-11-18(12-10-16)25-24-17-7-2-1-3-8-17/h1-13H,(H2,22,23,26,27). The van der Waals surface area contributed by atoms with E-state index in [1.807, 2.05) is 60.7 Å². The summed E-state index contributed by atoms with van der Waals surface area (Å²) in [5, 5.41) is 14.2. The molecule has 0 saturated heterocycles. The van der Waals surface area contributed by atoms with E-state index in [1.54, 1.807) is 18.2 Å². The largest absolute Gasteiger partial charge is 0.332 e. The van der Waals surface area contributed by atoms with Crippen LogP contribution in [0.5, 0.6) is 0 Å². The third-order valence-electron chi connectivity index (χ3n) is 3.48. The van der Waals surface area contributed by atoms with Crippen molar-refractivity contribution in [3.05, 3.63) is 88.9 Å². The van der Waals surface area contributed by atoms with Gasteiger partial charge in [0.25, 0.3) is 5.91 Å². The summed E-state index contributed by atoms with van der Waals surface area (Å²) < 4.78 is 0.828. The first-order valence-corrected chi connectivity index (χ1v) is 9.25. The highest BCUT2D eigenvalue weighted by atomic mass is 79.9. The molecular weight excluding hydrogens is 424 g/mol. The molecule has 3 rings (SSSR count). The van der Waals surface area contributed by atoms with E-state index in [0.717, 1.165) is 15.8 Å². The highest BCUT2D eigenvalue weighted by molar-refractivity contribution is 9.10. The van der Waals surface area contributed by atoms with Crippen LogP contribution in [0.15, 0.2) is 93.6 Å². The molecule has 2 N–H and O–H groups in total. The van der Waals surface area contributed by atoms with Gasteiger partial charge in [-0.05, 0) is 66.8 Å². The minimum Gasteiger partial charge on any atom is -0.332 e. The molecule has 7 heteroatoms. The minimum absolute atomic E-state index is 0.221. The quantitative estimate of drug-likeness (QED) is 0.388. The number of nitrogens with one attached hydrogen (secondary N) is 2. The number of halogens is 1. The molecule has 0 fully saturated rings. The van der Waals surface area contributed by atoms with Crippen molar-refractivity contribution in [3.63, 3.8) is 0 Å². The average molecular weight is 439 g/mol. The Labute approximate surface area is 170 Å². The molecule has 27 heavy (non-hydrogen) atoms. The zero-order valence-corrected chi connectivity index (χ0v) is 16.5. The number of carbonyl (C=O) groups is 1. The Balaban J connectivity index is 1.57. The molecule has 0 heterocycles. The maximum Gasteiger partial charge on any atom is 0.257 e. The monoisotopic (exact) mass is 438 g/mol. The van der Waals surface area contributed by atoms with Crippen molar-refractivity contribution in [1.29, 1.82) is 0 Å². The van der Waals surface area contributed by atoms with E-state index in [2.05, 4.69) is 36.8 Å². The number of benzene rings is 3. The third-order valence-corrected chi connectivity index (χ3v) is 4.17. The van der Waals surface area contributed by atoms with E-state index < -0.39 is 0 Å². The van der Waals surface area contributed by atoms with Crippen LogP contribution in [0, 0.1) is 0 Å². The van der Waals surface area contributed by atoms with Crippen molar-refractivity contribution < 1.29 is 4.79 Å². The molecule has 134 valence electrons. The second-order valence-electron chi connectivity index (χ2n) is 5.50. The number of amides is 1. The molecule has 0 aliphatic heterocycles. The molecule has 0 bridgehead atoms. The van der Waals surface area contributed by atoms with Gasteiger partial charge in [-0.25, -0.2) is 0 Å². The fraction of sp³-hybridized carbons (Fsp3) is 0. The number of nitrogens with zero attached hydrogens (tertiary/aromatic N) is 2. The Morgan fingerprint density at radius 1 is 0.852 bits per heavy atom. The van der Waals surface area contributed by atoms with Crippen LogP contribution >= 0.6 is 28.1 Å². The minimum atomic E-state index is -0.276. The molecule has 0 atom stereocenters. The average Bonchev–Trinajstić information content (AvgIpc) is 2.68. The van der Waals surface area contributed by atoms with Gasteiger partial charge in [0, 0.05) is 15.7 Å². The molecule has 0 aliphatic carbocycles. The molecule has 1 amide bonds. The van der Waals surface area contributed by atoms with Crippen LogP contribution in [0.3, 0.4) is 0 Å². The Morgan fingerprint density at radius 3 is 2.19 bits per heavy atom. The lowest BCUT2D eigenvalue weighted by atomic mass is 10.2. The number of rotatable bonds is 4. The van der Waals surface area contributed by atoms with Crippen molar-refractivity contribution in [2.45, 2.75) is 0 Å². The van der Waals surface area contributed by atoms with Gasteiger partial charge >= 0.3 is 0 Å². The topological polar surface area (TPSA) is 65.8 Å². The molecule has 5 nitrogen and oxygen atoms in total. The molecule has 3 aromatic rings. The summed E-state index contributed by atoms with van der Waals surface area (Å²) in [6.07, 6.45) is 0. The summed E-state index contributed by atoms with van der Waals surface area (Å²) in [7, 11) is 0. The van der Waals surface area contributed by atoms with E-state index in [4.69, 9.17) is 12.2 Å². The lowest BCUT2D eigenvalue weighted by molar-refractivity contribution is 0.0977. The van der Waals surface area contributed by atoms with Crippen molar-refractivity contribution in [2.75, 3.05) is 5.32 Å². The zero-order chi connectivity index (χ0) is 19.1. The lowest BCUT2D eigenvalue weighted by Gasteiger charge is -2.09. The Morgan fingerprint density at radius 2 is 1.52 bits per heavy atom. The maximum atomic E-state index is 12.2. The van der Waals surface area contributed by atoms with Gasteiger partial charge in [-0.15, -0.1) is 0 Å². The molecule has 0 saturated carbocycles. The Bertz CT molecular complexity index is 975. The van der Waals surface area contributed by atoms with E-state index in [1.165, 1.54) is 0 Å². The van der Waals surface area contributed by atoms with E-state index in [9.17, 15) is 4.79 Å². The summed E-state index contributed by atoms with van der Waals surface area (Å²) >= 11 is 8.54. The SMILES string of the molecule is O=C(NC(=S)Nc1ccc(N=Nc2ccccc2)cc1)c1cccc(Br)c1. The van der Waals surface area contributed by atoms with Crippen molar-refractivity contribution in [1.82, 2.24) is 5.32 Å². The summed E-state index contributed by atoms with van der Waals surface area (Å²) in [4.78, 5) is 12.2. The second kappa shape index (κ2) is 9.16.